The molecular weight excluding hydrogens is 536 g/mol. The van der Waals surface area contributed by atoms with Crippen LogP contribution in [0.15, 0.2) is 23.3 Å². The molecule has 0 unspecified atom stereocenters. The number of ether oxygens (including phenoxy) is 3. The molecule has 0 aliphatic heterocycles. The van der Waals surface area contributed by atoms with Crippen molar-refractivity contribution in [1.82, 2.24) is 9.55 Å². The molecule has 0 amide bonds. The first-order valence-corrected chi connectivity index (χ1v) is 16.6. The minimum absolute atomic E-state index is 0.151. The Morgan fingerprint density at radius 3 is 1.90 bits per heavy atom. The minimum Gasteiger partial charge on any atom is -0.493 e. The molecule has 0 aliphatic carbocycles. The summed E-state index contributed by atoms with van der Waals surface area (Å²) in [5.41, 5.74) is 0.484. The molecular formula is C33H50N2O5S. The zero-order chi connectivity index (χ0) is 29.3. The highest BCUT2D eigenvalue weighted by atomic mass is 32.1. The Morgan fingerprint density at radius 2 is 1.34 bits per heavy atom. The normalized spacial score (nSPS) is 11.4. The molecule has 0 spiro atoms. The van der Waals surface area contributed by atoms with Crippen molar-refractivity contribution >= 4 is 37.6 Å². The monoisotopic (exact) mass is 586 g/mol. The molecule has 0 saturated carbocycles. The van der Waals surface area contributed by atoms with Crippen LogP contribution in [0.5, 0.6) is 11.5 Å². The van der Waals surface area contributed by atoms with Crippen molar-refractivity contribution in [3.05, 3.63) is 28.8 Å². The molecule has 0 atom stereocenters. The minimum atomic E-state index is -0.274. The number of hydrogen-bond acceptors (Lipinski definition) is 7. The van der Waals surface area contributed by atoms with Gasteiger partial charge in [0.15, 0.2) is 11.5 Å². The second-order valence-electron chi connectivity index (χ2n) is 11.0. The number of benzene rings is 1. The van der Waals surface area contributed by atoms with Gasteiger partial charge in [0.2, 0.25) is 0 Å². The maximum absolute atomic E-state index is 13.1. The van der Waals surface area contributed by atoms with Gasteiger partial charge in [0.1, 0.15) is 4.70 Å². The molecule has 0 saturated heterocycles. The van der Waals surface area contributed by atoms with Gasteiger partial charge in [-0.2, -0.15) is 0 Å². The molecule has 0 N–H and O–H groups in total. The topological polar surface area (TPSA) is 79.7 Å². The summed E-state index contributed by atoms with van der Waals surface area (Å²) in [6.07, 6.45) is 22.7. The van der Waals surface area contributed by atoms with Crippen molar-refractivity contribution in [2.24, 2.45) is 0 Å². The molecule has 0 fully saturated rings. The van der Waals surface area contributed by atoms with E-state index in [2.05, 4.69) is 11.9 Å². The predicted octanol–water partition coefficient (Wildman–Crippen LogP) is 8.82. The van der Waals surface area contributed by atoms with Crippen LogP contribution in [-0.4, -0.2) is 36.3 Å². The third-order valence-electron chi connectivity index (χ3n) is 7.77. The Morgan fingerprint density at radius 1 is 0.805 bits per heavy atom. The summed E-state index contributed by atoms with van der Waals surface area (Å²) in [7, 11) is 3.17. The summed E-state index contributed by atoms with van der Waals surface area (Å²) in [5, 5.41) is 0.852. The molecule has 8 heteroatoms. The average molecular weight is 587 g/mol. The van der Waals surface area contributed by atoms with E-state index in [1.165, 1.54) is 112 Å². The van der Waals surface area contributed by atoms with Crippen molar-refractivity contribution in [2.45, 2.75) is 123 Å². The first kappa shape index (κ1) is 32.9. The van der Waals surface area contributed by atoms with E-state index in [1.54, 1.807) is 14.2 Å². The Bertz CT molecular complexity index is 1250. The maximum atomic E-state index is 13.1. The summed E-state index contributed by atoms with van der Waals surface area (Å²) >= 11 is 1.37. The van der Waals surface area contributed by atoms with Gasteiger partial charge in [-0.15, -0.1) is 11.3 Å². The van der Waals surface area contributed by atoms with Crippen LogP contribution < -0.4 is 15.0 Å². The highest BCUT2D eigenvalue weighted by molar-refractivity contribution is 7.25. The Balaban J connectivity index is 1.25. The van der Waals surface area contributed by atoms with Gasteiger partial charge in [-0.05, 0) is 12.5 Å². The zero-order valence-corrected chi connectivity index (χ0v) is 26.3. The van der Waals surface area contributed by atoms with Gasteiger partial charge in [0.05, 0.1) is 39.1 Å². The molecule has 3 aromatic rings. The van der Waals surface area contributed by atoms with Crippen molar-refractivity contribution in [3.8, 4) is 11.5 Å². The smallest absolute Gasteiger partial charge is 0.307 e. The largest absolute Gasteiger partial charge is 0.493 e. The zero-order valence-electron chi connectivity index (χ0n) is 25.5. The lowest BCUT2D eigenvalue weighted by atomic mass is 10.0. The molecule has 41 heavy (non-hydrogen) atoms. The first-order chi connectivity index (χ1) is 20.1. The number of aryl methyl sites for hydroxylation is 1. The van der Waals surface area contributed by atoms with E-state index in [0.29, 0.717) is 28.3 Å². The first-order valence-electron chi connectivity index (χ1n) is 15.8. The van der Waals surface area contributed by atoms with Gasteiger partial charge in [0, 0.05) is 22.7 Å². The standard InChI is InChI=1S/C33H50N2O5S/c1-4-5-6-7-8-9-10-11-12-13-14-15-16-17-18-19-22-40-30(36)20-21-35-25-34-31-26-23-27(38-2)28(39-3)24-29(26)41-32(31)33(35)37/h23-25H,4-22H2,1-3H3. The van der Waals surface area contributed by atoms with E-state index >= 15 is 0 Å². The number of rotatable bonds is 22. The third-order valence-corrected chi connectivity index (χ3v) is 8.90. The number of nitrogens with zero attached hydrogens (tertiary/aromatic N) is 2. The van der Waals surface area contributed by atoms with Crippen LogP contribution in [0.1, 0.15) is 116 Å². The van der Waals surface area contributed by atoms with Crippen LogP contribution in [0.3, 0.4) is 0 Å². The van der Waals surface area contributed by atoms with Crippen molar-refractivity contribution in [3.63, 3.8) is 0 Å². The van der Waals surface area contributed by atoms with Gasteiger partial charge >= 0.3 is 5.97 Å². The number of methoxy groups -OCH3 is 2. The predicted molar refractivity (Wildman–Crippen MR) is 170 cm³/mol. The van der Waals surface area contributed by atoms with Gasteiger partial charge < -0.3 is 14.2 Å². The van der Waals surface area contributed by atoms with Crippen LogP contribution in [0, 0.1) is 0 Å². The summed E-state index contributed by atoms with van der Waals surface area (Å²) in [4.78, 5) is 29.8. The lowest BCUT2D eigenvalue weighted by molar-refractivity contribution is -0.144. The summed E-state index contributed by atoms with van der Waals surface area (Å²) < 4.78 is 19.1. The molecule has 228 valence electrons. The fraction of sp³-hybridized carbons (Fsp3) is 0.667. The van der Waals surface area contributed by atoms with Crippen LogP contribution in [0.25, 0.3) is 20.3 Å². The van der Waals surface area contributed by atoms with Gasteiger partial charge in [-0.3, -0.25) is 14.2 Å². The average Bonchev–Trinajstić information content (AvgIpc) is 3.35. The Labute approximate surface area is 249 Å². The van der Waals surface area contributed by atoms with E-state index in [-0.39, 0.29) is 24.5 Å². The number of esters is 1. The second-order valence-corrected chi connectivity index (χ2v) is 12.1. The summed E-state index contributed by atoms with van der Waals surface area (Å²) in [6.45, 7) is 2.97. The third kappa shape index (κ3) is 10.6. The number of carbonyl (C=O) groups excluding carboxylic acids is 1. The van der Waals surface area contributed by atoms with Gasteiger partial charge in [-0.1, -0.05) is 103 Å². The molecule has 0 bridgehead atoms. The van der Waals surface area contributed by atoms with Crippen LogP contribution >= 0.6 is 11.3 Å². The SMILES string of the molecule is CCCCCCCCCCCCCCCCCCOC(=O)CCn1cnc2c(sc3cc(OC)c(OC)cc32)c1=O. The number of thiophene rings is 1. The maximum Gasteiger partial charge on any atom is 0.307 e. The number of carbonyl (C=O) groups is 1. The Hall–Kier alpha value is -2.61. The van der Waals surface area contributed by atoms with Crippen molar-refractivity contribution < 1.29 is 19.0 Å². The number of aromatic nitrogens is 2. The molecule has 2 aromatic heterocycles. The van der Waals surface area contributed by atoms with Gasteiger partial charge in [0.25, 0.3) is 5.56 Å². The van der Waals surface area contributed by atoms with Crippen LogP contribution in [0.4, 0.5) is 0 Å². The van der Waals surface area contributed by atoms with E-state index in [9.17, 15) is 9.59 Å². The van der Waals surface area contributed by atoms with Crippen LogP contribution in [0.2, 0.25) is 0 Å². The summed E-state index contributed by atoms with van der Waals surface area (Å²) in [5.74, 6) is 0.931. The van der Waals surface area contributed by atoms with Crippen LogP contribution in [-0.2, 0) is 16.1 Å². The molecule has 3 rings (SSSR count). The van der Waals surface area contributed by atoms with E-state index in [0.717, 1.165) is 22.9 Å². The highest BCUT2D eigenvalue weighted by Crippen LogP contribution is 2.38. The van der Waals surface area contributed by atoms with Crippen molar-refractivity contribution in [2.75, 3.05) is 20.8 Å². The number of unbranched alkanes of at least 4 members (excludes halogenated alkanes) is 15. The molecule has 0 aliphatic rings. The van der Waals surface area contributed by atoms with E-state index in [4.69, 9.17) is 14.2 Å². The second kappa shape index (κ2) is 18.7. The molecule has 7 nitrogen and oxygen atoms in total. The van der Waals surface area contributed by atoms with E-state index < -0.39 is 0 Å². The molecule has 1 aromatic carbocycles. The van der Waals surface area contributed by atoms with E-state index in [1.807, 2.05) is 12.1 Å². The summed E-state index contributed by atoms with van der Waals surface area (Å²) in [6, 6.07) is 3.71. The molecule has 2 heterocycles. The lowest BCUT2D eigenvalue weighted by Gasteiger charge is -2.07. The fourth-order valence-corrected chi connectivity index (χ4v) is 6.39. The quantitative estimate of drug-likeness (QED) is 0.0864. The Kier molecular flexibility index (Phi) is 15.0. The molecule has 0 radical (unpaired) electrons. The van der Waals surface area contributed by atoms with Crippen molar-refractivity contribution in [1.29, 1.82) is 0 Å². The highest BCUT2D eigenvalue weighted by Gasteiger charge is 2.16. The number of hydrogen-bond donors (Lipinski definition) is 0. The number of fused-ring (bicyclic) bond motifs is 3. The van der Waals surface area contributed by atoms with Gasteiger partial charge in [-0.25, -0.2) is 4.98 Å². The fourth-order valence-electron chi connectivity index (χ4n) is 5.27. The lowest BCUT2D eigenvalue weighted by Crippen LogP contribution is -2.21.